The minimum absolute atomic E-state index is 0.382. The van der Waals surface area contributed by atoms with E-state index in [0.29, 0.717) is 6.54 Å². The van der Waals surface area contributed by atoms with Gasteiger partial charge in [0.2, 0.25) is 5.91 Å². The van der Waals surface area contributed by atoms with Gasteiger partial charge in [0, 0.05) is 19.2 Å². The molecule has 6 heteroatoms. The number of hydrogen-bond acceptors (Lipinski definition) is 4. The molecule has 1 heterocycles. The van der Waals surface area contributed by atoms with Crippen LogP contribution in [0.1, 0.15) is 19.4 Å². The predicted molar refractivity (Wildman–Crippen MR) is 81.8 cm³/mol. The average molecular weight is 301 g/mol. The van der Waals surface area contributed by atoms with Crippen molar-refractivity contribution in [1.29, 1.82) is 0 Å². The topological polar surface area (TPSA) is 76.9 Å². The molecule has 1 aliphatic rings. The predicted octanol–water partition coefficient (Wildman–Crippen LogP) is 0.291. The quantitative estimate of drug-likeness (QED) is 0.619. The van der Waals surface area contributed by atoms with E-state index in [1.165, 1.54) is 13.8 Å². The number of quaternary nitrogens is 1. The molecule has 2 N–H and O–H groups in total. The van der Waals surface area contributed by atoms with Crippen molar-refractivity contribution in [1.82, 2.24) is 10.2 Å². The van der Waals surface area contributed by atoms with E-state index in [0.717, 1.165) is 5.56 Å². The lowest BCUT2D eigenvalue weighted by Crippen LogP contribution is -3.22. The first-order chi connectivity index (χ1) is 10.5. The van der Waals surface area contributed by atoms with Crippen molar-refractivity contribution >= 4 is 11.8 Å². The Labute approximate surface area is 129 Å². The molecule has 0 aromatic heterocycles. The number of rotatable bonds is 4. The molecule has 2 unspecified atom stereocenters. The Kier molecular flexibility index (Phi) is 4.75. The van der Waals surface area contributed by atoms with Crippen LogP contribution >= 0.6 is 0 Å². The van der Waals surface area contributed by atoms with E-state index in [1.54, 1.807) is 29.3 Å². The van der Waals surface area contributed by atoms with Crippen molar-refractivity contribution in [3.63, 3.8) is 0 Å². The minimum atomic E-state index is -1.47. The molecule has 0 saturated carbocycles. The third-order valence-electron chi connectivity index (χ3n) is 3.40. The van der Waals surface area contributed by atoms with E-state index >= 15 is 0 Å². The summed E-state index contributed by atoms with van der Waals surface area (Å²) in [5.74, 6) is -2.46. The van der Waals surface area contributed by atoms with Crippen molar-refractivity contribution in [2.24, 2.45) is 0 Å². The van der Waals surface area contributed by atoms with E-state index in [1.807, 2.05) is 30.3 Å². The van der Waals surface area contributed by atoms with Crippen molar-refractivity contribution in [3.8, 4) is 0 Å². The van der Waals surface area contributed by atoms with Crippen LogP contribution in [0.5, 0.6) is 0 Å². The monoisotopic (exact) mass is 301 g/mol. The molecule has 22 heavy (non-hydrogen) atoms. The average Bonchev–Trinajstić information content (AvgIpc) is 2.49. The molecule has 1 aliphatic heterocycles. The highest BCUT2D eigenvalue weighted by atomic mass is 16.5. The molecule has 0 radical (unpaired) electrons. The van der Waals surface area contributed by atoms with Gasteiger partial charge >= 0.3 is 5.91 Å². The number of hydrogen-bond donors (Lipinski definition) is 2. The maximum atomic E-state index is 12.5. The van der Waals surface area contributed by atoms with Gasteiger partial charge in [-0.25, -0.2) is 4.79 Å². The Morgan fingerprint density at radius 2 is 1.91 bits per heavy atom. The Morgan fingerprint density at radius 3 is 2.50 bits per heavy atom. The van der Waals surface area contributed by atoms with Crippen LogP contribution in [-0.2, 0) is 16.1 Å². The summed E-state index contributed by atoms with van der Waals surface area (Å²) >= 11 is 0. The highest BCUT2D eigenvalue weighted by Crippen LogP contribution is 2.17. The van der Waals surface area contributed by atoms with Gasteiger partial charge in [0.15, 0.2) is 0 Å². The number of nitrogens with zero attached hydrogens (tertiary/aromatic N) is 1. The molecule has 0 spiro atoms. The van der Waals surface area contributed by atoms with E-state index < -0.39 is 16.8 Å². The molecule has 6 nitrogen and oxygen atoms in total. The van der Waals surface area contributed by atoms with E-state index in [-0.39, 0.29) is 5.91 Å². The molecule has 0 saturated heterocycles. The second kappa shape index (κ2) is 6.55. The third-order valence-corrected chi connectivity index (χ3v) is 3.40. The number of hydroxylamine groups is 2. The lowest BCUT2D eigenvalue weighted by Gasteiger charge is -2.46. The first-order valence-electron chi connectivity index (χ1n) is 6.96. The zero-order valence-electron chi connectivity index (χ0n) is 12.6. The van der Waals surface area contributed by atoms with Gasteiger partial charge < -0.3 is 10.1 Å². The lowest BCUT2D eigenvalue weighted by molar-refractivity contribution is -0.838. The summed E-state index contributed by atoms with van der Waals surface area (Å²) in [6, 6.07) is 9.53. The van der Waals surface area contributed by atoms with Gasteiger partial charge in [-0.3, -0.25) is 15.2 Å². The number of carbonyl (C=O) groups is 2. The summed E-state index contributed by atoms with van der Waals surface area (Å²) < 4.78 is 0. The molecule has 1 aromatic rings. The lowest BCUT2D eigenvalue weighted by atomic mass is 10.1. The van der Waals surface area contributed by atoms with Crippen LogP contribution in [-0.4, -0.2) is 22.5 Å². The van der Waals surface area contributed by atoms with E-state index in [4.69, 9.17) is 0 Å². The standard InChI is InChI=1S/C16H19N3O3/c1-13(20)17-16(19(22)14(2)21)10-6-7-11-18(16)12-15-8-4-3-5-9-15/h3-11,19H,12H2,1-2H3,(H,17,20). The van der Waals surface area contributed by atoms with E-state index in [9.17, 15) is 14.8 Å². The number of allylic oxidation sites excluding steroid dienone is 2. The summed E-state index contributed by atoms with van der Waals surface area (Å²) in [7, 11) is 0. The summed E-state index contributed by atoms with van der Waals surface area (Å²) in [6.07, 6.45) is 6.65. The summed E-state index contributed by atoms with van der Waals surface area (Å²) in [4.78, 5) is 24.9. The maximum Gasteiger partial charge on any atom is 0.312 e. The Bertz CT molecular complexity index is 612. The number of nitrogens with one attached hydrogen (secondary N) is 2. The zero-order chi connectivity index (χ0) is 16.2. The second-order valence-corrected chi connectivity index (χ2v) is 5.15. The molecule has 116 valence electrons. The summed E-state index contributed by atoms with van der Waals surface area (Å²) in [6.45, 7) is 2.92. The second-order valence-electron chi connectivity index (χ2n) is 5.15. The SMILES string of the molecule is CC(=O)NC1([NH+]([O-])C(C)=O)C=CC=CN1Cc1ccccc1. The summed E-state index contributed by atoms with van der Waals surface area (Å²) in [5.41, 5.74) is 0.966. The van der Waals surface area contributed by atoms with Crippen LogP contribution in [0.25, 0.3) is 0 Å². The Hall–Kier alpha value is -2.44. The highest BCUT2D eigenvalue weighted by Gasteiger charge is 2.43. The minimum Gasteiger partial charge on any atom is -0.623 e. The van der Waals surface area contributed by atoms with Crippen LogP contribution in [0.15, 0.2) is 54.8 Å². The van der Waals surface area contributed by atoms with Gasteiger partial charge in [0.05, 0.1) is 13.5 Å². The molecular formula is C16H19N3O3. The van der Waals surface area contributed by atoms with Crippen molar-refractivity contribution < 1.29 is 14.7 Å². The van der Waals surface area contributed by atoms with Crippen LogP contribution in [0.4, 0.5) is 0 Å². The zero-order valence-corrected chi connectivity index (χ0v) is 12.6. The molecule has 0 aliphatic carbocycles. The van der Waals surface area contributed by atoms with Gasteiger partial charge in [0.25, 0.3) is 5.79 Å². The molecule has 0 bridgehead atoms. The van der Waals surface area contributed by atoms with Crippen LogP contribution in [0.2, 0.25) is 0 Å². The number of carbonyl (C=O) groups excluding carboxylic acids is 2. The molecule has 0 fully saturated rings. The van der Waals surface area contributed by atoms with Crippen molar-refractivity contribution in [2.75, 3.05) is 0 Å². The van der Waals surface area contributed by atoms with Crippen LogP contribution < -0.4 is 10.4 Å². The third kappa shape index (κ3) is 3.24. The Balaban J connectivity index is 2.38. The van der Waals surface area contributed by atoms with Gasteiger partial charge in [-0.1, -0.05) is 36.4 Å². The normalized spacial score (nSPS) is 21.5. The molecule has 2 atom stereocenters. The van der Waals surface area contributed by atoms with Gasteiger partial charge in [-0.15, -0.1) is 0 Å². The van der Waals surface area contributed by atoms with Crippen molar-refractivity contribution in [2.45, 2.75) is 26.2 Å². The molecule has 2 rings (SSSR count). The molecule has 2 amide bonds. The summed E-state index contributed by atoms with van der Waals surface area (Å²) in [5, 5.41) is 14.4. The maximum absolute atomic E-state index is 12.5. The van der Waals surface area contributed by atoms with Crippen molar-refractivity contribution in [3.05, 3.63) is 65.5 Å². The molecular weight excluding hydrogens is 282 g/mol. The van der Waals surface area contributed by atoms with Crippen LogP contribution in [0.3, 0.4) is 0 Å². The first-order valence-corrected chi connectivity index (χ1v) is 6.96. The highest BCUT2D eigenvalue weighted by molar-refractivity contribution is 5.74. The smallest absolute Gasteiger partial charge is 0.312 e. The number of benzene rings is 1. The largest absolute Gasteiger partial charge is 0.623 e. The number of amides is 2. The first kappa shape index (κ1) is 15.9. The van der Waals surface area contributed by atoms with Gasteiger partial charge in [-0.05, 0) is 11.6 Å². The Morgan fingerprint density at radius 1 is 1.23 bits per heavy atom. The van der Waals surface area contributed by atoms with Crippen LogP contribution in [0, 0.1) is 5.21 Å². The fourth-order valence-electron chi connectivity index (χ4n) is 2.43. The fraction of sp³-hybridized carbons (Fsp3) is 0.250. The van der Waals surface area contributed by atoms with Gasteiger partial charge in [-0.2, -0.15) is 0 Å². The molecule has 1 aromatic carbocycles. The van der Waals surface area contributed by atoms with Gasteiger partial charge in [0.1, 0.15) is 0 Å². The fourth-order valence-corrected chi connectivity index (χ4v) is 2.43. The van der Waals surface area contributed by atoms with E-state index in [2.05, 4.69) is 5.32 Å².